The van der Waals surface area contributed by atoms with Gasteiger partial charge in [-0.2, -0.15) is 5.10 Å². The van der Waals surface area contributed by atoms with Crippen molar-refractivity contribution in [3.63, 3.8) is 0 Å². The minimum atomic E-state index is -0.191. The number of carbonyl (C=O) groups is 1. The summed E-state index contributed by atoms with van der Waals surface area (Å²) < 4.78 is 8.09. The van der Waals surface area contributed by atoms with Gasteiger partial charge in [0.2, 0.25) is 5.91 Å². The van der Waals surface area contributed by atoms with Gasteiger partial charge in [-0.05, 0) is 17.7 Å². The Balaban J connectivity index is 1.35. The fourth-order valence-electron chi connectivity index (χ4n) is 3.44. The Kier molecular flexibility index (Phi) is 4.57. The standard InChI is InChI=1S/C22H18N4O2S/c27-21(12-16-14-26-10-11-29-22(26)23-16)25-24-18-13-20(15-6-2-1-3-7-15)28-19-9-5-4-8-17(18)19/h1-11,14,20H,12-13H2,(H,25,27)/b24-18+. The van der Waals surface area contributed by atoms with Crippen molar-refractivity contribution < 1.29 is 9.53 Å². The Hall–Kier alpha value is -3.45. The molecule has 1 atom stereocenters. The molecule has 0 spiro atoms. The number of hydrogen-bond acceptors (Lipinski definition) is 5. The summed E-state index contributed by atoms with van der Waals surface area (Å²) in [6, 6.07) is 17.8. The predicted octanol–water partition coefficient (Wildman–Crippen LogP) is 3.98. The molecule has 0 aliphatic carbocycles. The highest BCUT2D eigenvalue weighted by Gasteiger charge is 2.26. The zero-order chi connectivity index (χ0) is 19.6. The monoisotopic (exact) mass is 402 g/mol. The van der Waals surface area contributed by atoms with E-state index in [1.807, 2.05) is 76.8 Å². The highest BCUT2D eigenvalue weighted by Crippen LogP contribution is 2.34. The van der Waals surface area contributed by atoms with Gasteiger partial charge < -0.3 is 4.74 Å². The molecule has 1 aliphatic rings. The van der Waals surface area contributed by atoms with E-state index < -0.39 is 0 Å². The van der Waals surface area contributed by atoms with Crippen LogP contribution in [-0.2, 0) is 11.2 Å². The molecular formula is C22H18N4O2S. The van der Waals surface area contributed by atoms with Crippen LogP contribution in [0.3, 0.4) is 0 Å². The Morgan fingerprint density at radius 3 is 2.90 bits per heavy atom. The molecule has 0 saturated carbocycles. The second-order valence-electron chi connectivity index (χ2n) is 6.81. The van der Waals surface area contributed by atoms with Crippen LogP contribution < -0.4 is 10.2 Å². The van der Waals surface area contributed by atoms with Crippen LogP contribution in [0, 0.1) is 0 Å². The van der Waals surface area contributed by atoms with Gasteiger partial charge in [-0.25, -0.2) is 10.4 Å². The summed E-state index contributed by atoms with van der Waals surface area (Å²) in [4.78, 5) is 17.7. The quantitative estimate of drug-likeness (QED) is 0.525. The molecule has 7 heteroatoms. The van der Waals surface area contributed by atoms with Crippen molar-refractivity contribution in [2.24, 2.45) is 5.10 Å². The van der Waals surface area contributed by atoms with Crippen molar-refractivity contribution in [3.8, 4) is 5.75 Å². The van der Waals surface area contributed by atoms with Crippen molar-refractivity contribution in [1.29, 1.82) is 0 Å². The van der Waals surface area contributed by atoms with Crippen LogP contribution in [0.2, 0.25) is 0 Å². The zero-order valence-electron chi connectivity index (χ0n) is 15.5. The predicted molar refractivity (Wildman–Crippen MR) is 112 cm³/mol. The first-order valence-electron chi connectivity index (χ1n) is 9.34. The molecule has 1 amide bonds. The first-order chi connectivity index (χ1) is 14.3. The number of aromatic nitrogens is 2. The minimum absolute atomic E-state index is 0.137. The highest BCUT2D eigenvalue weighted by molar-refractivity contribution is 7.15. The molecule has 144 valence electrons. The summed E-state index contributed by atoms with van der Waals surface area (Å²) in [6.07, 6.45) is 4.43. The van der Waals surface area contributed by atoms with Gasteiger partial charge in [0, 0.05) is 29.8 Å². The summed E-state index contributed by atoms with van der Waals surface area (Å²) in [6.45, 7) is 0. The molecule has 6 nitrogen and oxygen atoms in total. The van der Waals surface area contributed by atoms with Crippen molar-refractivity contribution in [2.45, 2.75) is 18.9 Å². The van der Waals surface area contributed by atoms with Crippen molar-refractivity contribution in [3.05, 3.63) is 89.2 Å². The summed E-state index contributed by atoms with van der Waals surface area (Å²) in [5, 5.41) is 6.41. The molecule has 4 aromatic rings. The number of fused-ring (bicyclic) bond motifs is 2. The van der Waals surface area contributed by atoms with Gasteiger partial charge in [-0.3, -0.25) is 9.20 Å². The lowest BCUT2D eigenvalue weighted by atomic mass is 9.96. The molecule has 5 rings (SSSR count). The van der Waals surface area contributed by atoms with E-state index in [1.54, 1.807) is 11.3 Å². The van der Waals surface area contributed by atoms with Crippen LogP contribution in [0.1, 0.15) is 29.3 Å². The number of amides is 1. The minimum Gasteiger partial charge on any atom is -0.485 e. The Labute approximate surface area is 171 Å². The normalized spacial score (nSPS) is 17.1. The SMILES string of the molecule is O=C(Cc1cn2ccsc2n1)N/N=C1\CC(c2ccccc2)Oc2ccccc21. The molecule has 2 aromatic carbocycles. The van der Waals surface area contributed by atoms with E-state index in [0.29, 0.717) is 6.42 Å². The Morgan fingerprint density at radius 2 is 2.03 bits per heavy atom. The molecule has 0 fully saturated rings. The molecule has 0 bridgehead atoms. The molecule has 2 aromatic heterocycles. The first-order valence-corrected chi connectivity index (χ1v) is 10.2. The second kappa shape index (κ2) is 7.52. The lowest BCUT2D eigenvalue weighted by Crippen LogP contribution is -2.26. The van der Waals surface area contributed by atoms with Gasteiger partial charge in [-0.1, -0.05) is 42.5 Å². The number of carbonyl (C=O) groups excluding carboxylic acids is 1. The summed E-state index contributed by atoms with van der Waals surface area (Å²) in [5.41, 5.74) is 6.22. The van der Waals surface area contributed by atoms with Gasteiger partial charge in [0.05, 0.1) is 17.8 Å². The van der Waals surface area contributed by atoms with Crippen LogP contribution in [0.25, 0.3) is 4.96 Å². The van der Waals surface area contributed by atoms with Gasteiger partial charge >= 0.3 is 0 Å². The lowest BCUT2D eigenvalue weighted by molar-refractivity contribution is -0.120. The maximum Gasteiger partial charge on any atom is 0.246 e. The molecule has 1 aliphatic heterocycles. The largest absolute Gasteiger partial charge is 0.485 e. The number of nitrogens with one attached hydrogen (secondary N) is 1. The van der Waals surface area contributed by atoms with E-state index in [1.165, 1.54) is 0 Å². The van der Waals surface area contributed by atoms with E-state index in [0.717, 1.165) is 33.2 Å². The smallest absolute Gasteiger partial charge is 0.246 e. The molecule has 29 heavy (non-hydrogen) atoms. The van der Waals surface area contributed by atoms with E-state index in [4.69, 9.17) is 4.74 Å². The van der Waals surface area contributed by atoms with Gasteiger partial charge in [0.1, 0.15) is 11.9 Å². The van der Waals surface area contributed by atoms with E-state index in [2.05, 4.69) is 15.5 Å². The maximum atomic E-state index is 12.4. The average Bonchev–Trinajstić information content (AvgIpc) is 3.34. The molecular weight excluding hydrogens is 384 g/mol. The Morgan fingerprint density at radius 1 is 1.21 bits per heavy atom. The van der Waals surface area contributed by atoms with E-state index in [-0.39, 0.29) is 18.4 Å². The molecule has 1 N–H and O–H groups in total. The number of nitrogens with zero attached hydrogens (tertiary/aromatic N) is 3. The number of rotatable bonds is 4. The van der Waals surface area contributed by atoms with Crippen molar-refractivity contribution in [1.82, 2.24) is 14.8 Å². The number of hydrazone groups is 1. The fourth-order valence-corrected chi connectivity index (χ4v) is 4.16. The second-order valence-corrected chi connectivity index (χ2v) is 7.69. The first kappa shape index (κ1) is 17.6. The van der Waals surface area contributed by atoms with Crippen LogP contribution >= 0.6 is 11.3 Å². The van der Waals surface area contributed by atoms with Gasteiger partial charge in [0.15, 0.2) is 4.96 Å². The molecule has 0 saturated heterocycles. The number of benzene rings is 2. The summed E-state index contributed by atoms with van der Waals surface area (Å²) in [7, 11) is 0. The Bertz CT molecular complexity index is 1170. The fraction of sp³-hybridized carbons (Fsp3) is 0.136. The topological polar surface area (TPSA) is 68.0 Å². The maximum absolute atomic E-state index is 12.4. The number of hydrogen-bond donors (Lipinski definition) is 1. The van der Waals surface area contributed by atoms with Crippen molar-refractivity contribution >= 4 is 27.9 Å². The van der Waals surface area contributed by atoms with E-state index in [9.17, 15) is 4.79 Å². The highest BCUT2D eigenvalue weighted by atomic mass is 32.1. The van der Waals surface area contributed by atoms with Crippen LogP contribution in [0.4, 0.5) is 0 Å². The number of imidazole rings is 1. The third kappa shape index (κ3) is 3.64. The molecule has 0 radical (unpaired) electrons. The summed E-state index contributed by atoms with van der Waals surface area (Å²) in [5.74, 6) is 0.582. The number of thiazole rings is 1. The number of para-hydroxylation sites is 1. The molecule has 1 unspecified atom stereocenters. The van der Waals surface area contributed by atoms with Gasteiger partial charge in [0.25, 0.3) is 0 Å². The third-order valence-corrected chi connectivity index (χ3v) is 5.59. The third-order valence-electron chi connectivity index (χ3n) is 4.82. The number of ether oxygens (including phenoxy) is 1. The summed E-state index contributed by atoms with van der Waals surface area (Å²) >= 11 is 1.54. The van der Waals surface area contributed by atoms with Crippen LogP contribution in [-0.4, -0.2) is 21.0 Å². The zero-order valence-corrected chi connectivity index (χ0v) is 16.3. The van der Waals surface area contributed by atoms with Crippen LogP contribution in [0.5, 0.6) is 5.75 Å². The van der Waals surface area contributed by atoms with E-state index >= 15 is 0 Å². The lowest BCUT2D eigenvalue weighted by Gasteiger charge is -2.27. The average molecular weight is 402 g/mol. The van der Waals surface area contributed by atoms with Gasteiger partial charge in [-0.15, -0.1) is 11.3 Å². The van der Waals surface area contributed by atoms with Crippen molar-refractivity contribution in [2.75, 3.05) is 0 Å². The van der Waals surface area contributed by atoms with Crippen LogP contribution in [0.15, 0.2) is 77.5 Å². The molecule has 3 heterocycles.